The van der Waals surface area contributed by atoms with E-state index in [2.05, 4.69) is 0 Å². The van der Waals surface area contributed by atoms with Crippen LogP contribution in [0.5, 0.6) is 11.5 Å². The monoisotopic (exact) mass is 374 g/mol. The molecule has 28 heavy (non-hydrogen) atoms. The summed E-state index contributed by atoms with van der Waals surface area (Å²) in [5.41, 5.74) is 3.54. The van der Waals surface area contributed by atoms with Crippen molar-refractivity contribution in [1.29, 1.82) is 0 Å². The molecule has 1 amide bonds. The Morgan fingerprint density at radius 3 is 2.39 bits per heavy atom. The van der Waals surface area contributed by atoms with Crippen molar-refractivity contribution in [1.82, 2.24) is 0 Å². The van der Waals surface area contributed by atoms with Crippen molar-refractivity contribution in [2.24, 2.45) is 0 Å². The van der Waals surface area contributed by atoms with Gasteiger partial charge in [0.1, 0.15) is 0 Å². The minimum absolute atomic E-state index is 0.197. The summed E-state index contributed by atoms with van der Waals surface area (Å²) in [7, 11) is 0. The molecule has 0 saturated carbocycles. The van der Waals surface area contributed by atoms with Gasteiger partial charge in [-0.3, -0.25) is 0 Å². The Labute approximate surface area is 162 Å². The van der Waals surface area contributed by atoms with Gasteiger partial charge in [-0.15, -0.1) is 0 Å². The zero-order chi connectivity index (χ0) is 19.1. The number of nitrogens with zero attached hydrogens (tertiary/aromatic N) is 2. The number of para-hydroxylation sites is 1. The molecule has 0 N–H and O–H groups in total. The molecule has 0 aromatic heterocycles. The van der Waals surface area contributed by atoms with Gasteiger partial charge < -0.3 is 14.3 Å². The maximum atomic E-state index is 12.8. The summed E-state index contributed by atoms with van der Waals surface area (Å²) in [5.74, 6) is 1.36. The Morgan fingerprint density at radius 1 is 0.857 bits per heavy atom. The number of hydrogen-bond acceptors (Lipinski definition) is 5. The molecule has 140 valence electrons. The number of anilines is 2. The molecule has 0 aliphatic carbocycles. The molecule has 0 bridgehead atoms. The second-order valence-electron chi connectivity index (χ2n) is 6.71. The topological polar surface area (TPSA) is 51.2 Å². The fourth-order valence-electron chi connectivity index (χ4n) is 3.46. The lowest BCUT2D eigenvalue weighted by molar-refractivity contribution is 0.164. The summed E-state index contributed by atoms with van der Waals surface area (Å²) >= 11 is 0. The molecule has 6 nitrogen and oxygen atoms in total. The molecule has 2 heterocycles. The summed E-state index contributed by atoms with van der Waals surface area (Å²) in [6, 6.07) is 23.0. The largest absolute Gasteiger partial charge is 0.454 e. The van der Waals surface area contributed by atoms with Crippen molar-refractivity contribution in [3.63, 3.8) is 0 Å². The predicted octanol–water partition coefficient (Wildman–Crippen LogP) is 4.80. The van der Waals surface area contributed by atoms with Gasteiger partial charge in [-0.2, -0.15) is 5.06 Å². The van der Waals surface area contributed by atoms with Gasteiger partial charge in [-0.05, 0) is 43.3 Å². The van der Waals surface area contributed by atoms with E-state index >= 15 is 0 Å². The summed E-state index contributed by atoms with van der Waals surface area (Å²) in [6.07, 6.45) is -0.915. The number of carbonyl (C=O) groups excluding carboxylic acids is 1. The summed E-state index contributed by atoms with van der Waals surface area (Å²) in [6.45, 7) is 2.22. The maximum absolute atomic E-state index is 12.8. The lowest BCUT2D eigenvalue weighted by Crippen LogP contribution is -2.31. The fraction of sp³-hybridized carbons (Fsp3) is 0.136. The number of hydrogen-bond donors (Lipinski definition) is 0. The van der Waals surface area contributed by atoms with E-state index < -0.39 is 12.3 Å². The average molecular weight is 374 g/mol. The smallest absolute Gasteiger partial charge is 0.440 e. The first-order chi connectivity index (χ1) is 13.7. The first kappa shape index (κ1) is 16.5. The molecule has 6 heteroatoms. The number of amides is 1. The quantitative estimate of drug-likeness (QED) is 0.659. The Balaban J connectivity index is 1.63. The van der Waals surface area contributed by atoms with Crippen LogP contribution in [0.2, 0.25) is 0 Å². The Bertz CT molecular complexity index is 1020. The van der Waals surface area contributed by atoms with Crippen LogP contribution in [-0.2, 0) is 4.84 Å². The maximum Gasteiger partial charge on any atom is 0.440 e. The first-order valence-electron chi connectivity index (χ1n) is 9.02. The molecular weight excluding hydrogens is 356 g/mol. The minimum atomic E-state index is -0.480. The van der Waals surface area contributed by atoms with Crippen LogP contribution in [0.4, 0.5) is 16.2 Å². The molecule has 2 aliphatic heterocycles. The Morgan fingerprint density at radius 2 is 1.61 bits per heavy atom. The van der Waals surface area contributed by atoms with Gasteiger partial charge in [-0.25, -0.2) is 9.69 Å². The summed E-state index contributed by atoms with van der Waals surface area (Å²) in [4.78, 5) is 20.2. The Hall–Kier alpha value is -3.67. The van der Waals surface area contributed by atoms with E-state index in [4.69, 9.17) is 14.3 Å². The van der Waals surface area contributed by atoms with Gasteiger partial charge in [-0.1, -0.05) is 42.0 Å². The normalized spacial score (nSPS) is 17.8. The van der Waals surface area contributed by atoms with E-state index in [-0.39, 0.29) is 6.79 Å². The Kier molecular flexibility index (Phi) is 3.83. The third-order valence-corrected chi connectivity index (χ3v) is 4.86. The predicted molar refractivity (Wildman–Crippen MR) is 104 cm³/mol. The van der Waals surface area contributed by atoms with Crippen molar-refractivity contribution < 1.29 is 19.1 Å². The van der Waals surface area contributed by atoms with E-state index in [9.17, 15) is 4.79 Å². The van der Waals surface area contributed by atoms with E-state index in [0.29, 0.717) is 11.5 Å². The number of benzene rings is 3. The molecule has 1 saturated heterocycles. The van der Waals surface area contributed by atoms with Gasteiger partial charge in [0.15, 0.2) is 17.7 Å². The molecule has 1 fully saturated rings. The zero-order valence-electron chi connectivity index (χ0n) is 15.2. The molecule has 3 aromatic carbocycles. The minimum Gasteiger partial charge on any atom is -0.454 e. The van der Waals surface area contributed by atoms with Gasteiger partial charge >= 0.3 is 6.09 Å². The van der Waals surface area contributed by atoms with E-state index in [0.717, 1.165) is 22.5 Å². The van der Waals surface area contributed by atoms with Crippen LogP contribution in [0, 0.1) is 6.92 Å². The van der Waals surface area contributed by atoms with Crippen LogP contribution in [0.15, 0.2) is 72.8 Å². The van der Waals surface area contributed by atoms with Crippen LogP contribution in [-0.4, -0.2) is 12.9 Å². The standard InChI is InChI=1S/C22H18N2O4/c1-15-7-10-18(11-8-15)24-21(16-9-12-19-20(13-16)27-14-26-19)23(22(25)28-24)17-5-3-2-4-6-17/h2-13,21H,14H2,1H3/t21-/m0/s1. The van der Waals surface area contributed by atoms with Crippen LogP contribution in [0.3, 0.4) is 0 Å². The van der Waals surface area contributed by atoms with Crippen LogP contribution < -0.4 is 19.4 Å². The number of hydroxylamine groups is 1. The van der Waals surface area contributed by atoms with E-state index in [1.165, 1.54) is 0 Å². The second kappa shape index (κ2) is 6.49. The number of fused-ring (bicyclic) bond motifs is 1. The highest BCUT2D eigenvalue weighted by atomic mass is 16.7. The third kappa shape index (κ3) is 2.70. The molecule has 5 rings (SSSR count). The lowest BCUT2D eigenvalue weighted by Gasteiger charge is -2.27. The number of ether oxygens (including phenoxy) is 2. The summed E-state index contributed by atoms with van der Waals surface area (Å²) < 4.78 is 11.0. The van der Waals surface area contributed by atoms with Gasteiger partial charge in [0, 0.05) is 11.3 Å². The fourth-order valence-corrected chi connectivity index (χ4v) is 3.46. The molecule has 1 atom stereocenters. The second-order valence-corrected chi connectivity index (χ2v) is 6.71. The van der Waals surface area contributed by atoms with Crippen molar-refractivity contribution in [3.8, 4) is 11.5 Å². The number of carbonyl (C=O) groups is 1. The molecule has 2 aliphatic rings. The van der Waals surface area contributed by atoms with E-state index in [1.54, 1.807) is 9.96 Å². The molecular formula is C22H18N2O4. The SMILES string of the molecule is Cc1ccc(N2OC(=O)N(c3ccccc3)[C@@H]2c2ccc3c(c2)OCO3)cc1. The highest BCUT2D eigenvalue weighted by molar-refractivity contribution is 5.92. The van der Waals surface area contributed by atoms with Crippen LogP contribution >= 0.6 is 0 Å². The van der Waals surface area contributed by atoms with Crippen molar-refractivity contribution in [2.75, 3.05) is 16.8 Å². The van der Waals surface area contributed by atoms with Gasteiger partial charge in [0.2, 0.25) is 6.79 Å². The average Bonchev–Trinajstić information content (AvgIpc) is 3.32. The van der Waals surface area contributed by atoms with Crippen molar-refractivity contribution >= 4 is 17.5 Å². The molecule has 0 radical (unpaired) electrons. The van der Waals surface area contributed by atoms with E-state index in [1.807, 2.05) is 79.7 Å². The summed E-state index contributed by atoms with van der Waals surface area (Å²) in [5, 5.41) is 1.63. The molecule has 0 spiro atoms. The van der Waals surface area contributed by atoms with Crippen LogP contribution in [0.1, 0.15) is 17.3 Å². The molecule has 0 unspecified atom stereocenters. The van der Waals surface area contributed by atoms with Gasteiger partial charge in [0.25, 0.3) is 0 Å². The van der Waals surface area contributed by atoms with Crippen LogP contribution in [0.25, 0.3) is 0 Å². The highest BCUT2D eigenvalue weighted by Gasteiger charge is 2.43. The molecule has 3 aromatic rings. The first-order valence-corrected chi connectivity index (χ1v) is 9.02. The highest BCUT2D eigenvalue weighted by Crippen LogP contribution is 2.42. The van der Waals surface area contributed by atoms with Crippen molar-refractivity contribution in [2.45, 2.75) is 13.1 Å². The van der Waals surface area contributed by atoms with Crippen molar-refractivity contribution in [3.05, 3.63) is 83.9 Å². The number of aryl methyl sites for hydroxylation is 1. The van der Waals surface area contributed by atoms with Gasteiger partial charge in [0.05, 0.1) is 5.69 Å². The lowest BCUT2D eigenvalue weighted by atomic mass is 10.1. The number of rotatable bonds is 3. The zero-order valence-corrected chi connectivity index (χ0v) is 15.2. The third-order valence-electron chi connectivity index (χ3n) is 4.86.